The van der Waals surface area contributed by atoms with Gasteiger partial charge in [0.2, 0.25) is 0 Å². The Kier molecular flexibility index (Phi) is 25.4. The van der Waals surface area contributed by atoms with Crippen LogP contribution < -0.4 is 18.9 Å². The Balaban J connectivity index is -0.000000610. The predicted octanol–water partition coefficient (Wildman–Crippen LogP) is -0.0284. The first kappa shape index (κ1) is 28.4. The smallest absolute Gasteiger partial charge is 1.00 e. The monoisotopic (exact) mass is 518 g/mol. The predicted molar refractivity (Wildman–Crippen MR) is 89.4 cm³/mol. The van der Waals surface area contributed by atoms with E-state index in [4.69, 9.17) is 66.5 Å². The van der Waals surface area contributed by atoms with Crippen LogP contribution in [0.4, 0.5) is 0 Å². The van der Waals surface area contributed by atoms with Crippen molar-refractivity contribution in [2.24, 2.45) is 0 Å². The minimum absolute atomic E-state index is 0. The van der Waals surface area contributed by atoms with Gasteiger partial charge in [0.05, 0.1) is 79.3 Å². The van der Waals surface area contributed by atoms with Gasteiger partial charge in [-0.25, -0.2) is 0 Å². The SMILES string of the molecule is C1COCCOCCOCCOCCOCCO1.[Cl][Pd]([Cl])([Cl])[Cl].[H-].[Li+]. The molecule has 1 fully saturated rings. The molecule has 1 saturated heterocycles. The number of ether oxygens (including phenoxy) is 6. The van der Waals surface area contributed by atoms with Crippen LogP contribution in [0.3, 0.4) is 0 Å². The average molecular weight is 520 g/mol. The minimum atomic E-state index is -2.81. The van der Waals surface area contributed by atoms with Gasteiger partial charge < -0.3 is 29.8 Å². The van der Waals surface area contributed by atoms with Crippen molar-refractivity contribution in [1.82, 2.24) is 0 Å². The minimum Gasteiger partial charge on any atom is -1.00 e. The molecule has 0 amide bonds. The Labute approximate surface area is 176 Å². The van der Waals surface area contributed by atoms with Gasteiger partial charge in [-0.2, -0.15) is 0 Å². The first-order valence-corrected chi connectivity index (χ1v) is 14.9. The van der Waals surface area contributed by atoms with Crippen molar-refractivity contribution < 1.29 is 60.2 Å². The van der Waals surface area contributed by atoms with Gasteiger partial charge in [-0.15, -0.1) is 0 Å². The summed E-state index contributed by atoms with van der Waals surface area (Å²) in [6.07, 6.45) is 0. The molecule has 6 nitrogen and oxygen atoms in total. The molecule has 0 atom stereocenters. The van der Waals surface area contributed by atoms with E-state index >= 15 is 0 Å². The summed E-state index contributed by atoms with van der Waals surface area (Å²) in [5, 5.41) is 0. The van der Waals surface area contributed by atoms with E-state index in [-0.39, 0.29) is 20.3 Å². The summed E-state index contributed by atoms with van der Waals surface area (Å²) in [5.74, 6) is 0. The molecular weight excluding hydrogens is 495 g/mol. The summed E-state index contributed by atoms with van der Waals surface area (Å²) in [7, 11) is 19.9. The summed E-state index contributed by atoms with van der Waals surface area (Å²) in [4.78, 5) is 0. The summed E-state index contributed by atoms with van der Waals surface area (Å²) in [6, 6.07) is 0. The Morgan fingerprint density at radius 1 is 0.417 bits per heavy atom. The molecule has 12 heteroatoms. The third kappa shape index (κ3) is 31.9. The van der Waals surface area contributed by atoms with E-state index in [0.29, 0.717) is 79.3 Å². The van der Waals surface area contributed by atoms with Crippen LogP contribution in [0.15, 0.2) is 0 Å². The van der Waals surface area contributed by atoms with Crippen LogP contribution in [0.1, 0.15) is 1.43 Å². The molecule has 0 aromatic carbocycles. The fourth-order valence-electron chi connectivity index (χ4n) is 1.32. The zero-order valence-corrected chi connectivity index (χ0v) is 18.3. The van der Waals surface area contributed by atoms with Crippen molar-refractivity contribution in [3.63, 3.8) is 0 Å². The van der Waals surface area contributed by atoms with Gasteiger partial charge in [0.25, 0.3) is 0 Å². The van der Waals surface area contributed by atoms with Gasteiger partial charge in [-0.3, -0.25) is 0 Å². The van der Waals surface area contributed by atoms with Crippen molar-refractivity contribution in [2.45, 2.75) is 0 Å². The van der Waals surface area contributed by atoms with Gasteiger partial charge in [0, 0.05) is 0 Å². The van der Waals surface area contributed by atoms with E-state index < -0.39 is 11.5 Å². The molecule has 0 unspecified atom stereocenters. The van der Waals surface area contributed by atoms with Gasteiger partial charge in [-0.1, -0.05) is 0 Å². The van der Waals surface area contributed by atoms with E-state index in [0.717, 1.165) is 0 Å². The van der Waals surface area contributed by atoms with Crippen molar-refractivity contribution in [1.29, 1.82) is 0 Å². The van der Waals surface area contributed by atoms with Crippen molar-refractivity contribution in [2.75, 3.05) is 79.3 Å². The molecular formula is C12H25Cl4LiO6Pd. The zero-order valence-electron chi connectivity index (χ0n) is 14.8. The summed E-state index contributed by atoms with van der Waals surface area (Å²) in [5.41, 5.74) is 0. The van der Waals surface area contributed by atoms with E-state index in [2.05, 4.69) is 0 Å². The molecule has 0 N–H and O–H groups in total. The van der Waals surface area contributed by atoms with Crippen molar-refractivity contribution in [3.05, 3.63) is 0 Å². The second kappa shape index (κ2) is 21.5. The van der Waals surface area contributed by atoms with Gasteiger partial charge in [0.1, 0.15) is 0 Å². The molecule has 0 aromatic rings. The molecule has 0 saturated carbocycles. The molecule has 0 aromatic heterocycles. The Morgan fingerprint density at radius 3 is 0.583 bits per heavy atom. The normalized spacial score (nSPS) is 21.2. The van der Waals surface area contributed by atoms with Crippen molar-refractivity contribution >= 4 is 38.1 Å². The van der Waals surface area contributed by atoms with Crippen LogP contribution in [0.25, 0.3) is 0 Å². The maximum Gasteiger partial charge on any atom is 1.00 e. The van der Waals surface area contributed by atoms with Crippen LogP contribution in [0.5, 0.6) is 0 Å². The number of rotatable bonds is 0. The van der Waals surface area contributed by atoms with Gasteiger partial charge >= 0.3 is 68.4 Å². The Bertz CT molecular complexity index is 179. The molecule has 1 aliphatic heterocycles. The maximum atomic E-state index is 5.33. The fraction of sp³-hybridized carbons (Fsp3) is 1.00. The largest absolute Gasteiger partial charge is 1.00 e. The molecule has 1 heterocycles. The molecule has 24 heavy (non-hydrogen) atoms. The van der Waals surface area contributed by atoms with Crippen LogP contribution in [0, 0.1) is 0 Å². The number of hydrogen-bond acceptors (Lipinski definition) is 6. The number of halogens is 4. The molecule has 0 radical (unpaired) electrons. The van der Waals surface area contributed by atoms with Crippen LogP contribution in [-0.4, -0.2) is 79.3 Å². The maximum absolute atomic E-state index is 5.33. The summed E-state index contributed by atoms with van der Waals surface area (Å²) < 4.78 is 32.0. The average Bonchev–Trinajstić information content (AvgIpc) is 2.46. The molecule has 1 aliphatic rings. The zero-order chi connectivity index (χ0) is 17.2. The topological polar surface area (TPSA) is 55.4 Å². The number of hydrogen-bond donors (Lipinski definition) is 0. The first-order valence-electron chi connectivity index (χ1n) is 6.94. The van der Waals surface area contributed by atoms with Gasteiger partial charge in [0.15, 0.2) is 0 Å². The summed E-state index contributed by atoms with van der Waals surface area (Å²) >= 11 is -2.81. The Hall–Kier alpha value is 2.18. The van der Waals surface area contributed by atoms with E-state index in [1.54, 1.807) is 0 Å². The van der Waals surface area contributed by atoms with Gasteiger partial charge in [-0.05, 0) is 0 Å². The molecule has 0 bridgehead atoms. The third-order valence-electron chi connectivity index (χ3n) is 2.23. The Morgan fingerprint density at radius 2 is 0.500 bits per heavy atom. The first-order chi connectivity index (χ1) is 11.0. The third-order valence-corrected chi connectivity index (χ3v) is 2.23. The molecule has 0 aliphatic carbocycles. The van der Waals surface area contributed by atoms with Crippen LogP contribution in [0.2, 0.25) is 0 Å². The second-order valence-corrected chi connectivity index (χ2v) is 18.1. The quantitative estimate of drug-likeness (QED) is 0.419. The fourth-order valence-corrected chi connectivity index (χ4v) is 1.32. The van der Waals surface area contributed by atoms with E-state index in [9.17, 15) is 0 Å². The summed E-state index contributed by atoms with van der Waals surface area (Å²) in [6.45, 7) is 7.04. The molecule has 0 spiro atoms. The second-order valence-electron chi connectivity index (χ2n) is 3.95. The van der Waals surface area contributed by atoms with E-state index in [1.807, 2.05) is 0 Å². The standard InChI is InChI=1S/C12H24O6.4ClH.Li.Pd.H/c1-2-14-5-6-16-9-10-18-12-11-17-8-7-15-4-3-13-1;;;;;;;/h1-12H2;4*1H;;;/q;;;;;+1;+4;-1/p-4. The van der Waals surface area contributed by atoms with E-state index in [1.165, 1.54) is 0 Å². The van der Waals surface area contributed by atoms with Crippen LogP contribution in [-0.2, 0) is 39.9 Å². The molecule has 148 valence electrons. The van der Waals surface area contributed by atoms with Crippen molar-refractivity contribution in [3.8, 4) is 0 Å². The van der Waals surface area contributed by atoms with Crippen LogP contribution >= 0.6 is 38.1 Å². The molecule has 1 rings (SSSR count).